The van der Waals surface area contributed by atoms with Gasteiger partial charge in [-0.3, -0.25) is 14.9 Å². The second-order valence-electron chi connectivity index (χ2n) is 8.51. The molecule has 15 heteroatoms. The minimum absolute atomic E-state index is 0.0111. The maximum atomic E-state index is 12.6. The molecular weight excluding hydrogens is 612 g/mol. The lowest BCUT2D eigenvalue weighted by atomic mass is 10.1. The molecule has 3 aromatic rings. The molecule has 0 saturated heterocycles. The van der Waals surface area contributed by atoms with Crippen molar-refractivity contribution in [2.24, 2.45) is 0 Å². The molecule has 0 radical (unpaired) electrons. The number of carboxylic acids is 1. The summed E-state index contributed by atoms with van der Waals surface area (Å²) in [6.07, 6.45) is -4.58. The smallest absolute Gasteiger partial charge is 0.416 e. The average Bonchev–Trinajstić information content (AvgIpc) is 3.22. The highest BCUT2D eigenvalue weighted by atomic mass is 35.5. The number of methoxy groups -OCH3 is 1. The molecule has 9 nitrogen and oxygen atoms in total. The number of benzene rings is 2. The highest BCUT2D eigenvalue weighted by Crippen LogP contribution is 2.37. The van der Waals surface area contributed by atoms with E-state index in [0.29, 0.717) is 12.7 Å². The molecule has 0 fully saturated rings. The summed E-state index contributed by atoms with van der Waals surface area (Å²) in [7, 11) is 1.63. The number of carbonyl (C=O) groups excluding carboxylic acids is 1. The molecule has 1 amide bonds. The Morgan fingerprint density at radius 3 is 2.32 bits per heavy atom. The standard InChI is InChI=1S/C14H7ClF3NO5.C12H18ClNO2S/c15-10-5-7(14(16,17)18)1-4-12(10)24-8-2-3-11(19(22)23)9(6-8)13(20)21;1-8-7-17-10(3)12(8)14(11(15)5-13)9(2)6-16-4/h1-6H,(H,20,21);7,9H,5-6H2,1-4H3. The van der Waals surface area contributed by atoms with Crippen LogP contribution in [0.5, 0.6) is 11.5 Å². The van der Waals surface area contributed by atoms with Crippen molar-refractivity contribution < 1.29 is 42.3 Å². The molecule has 2 aromatic carbocycles. The van der Waals surface area contributed by atoms with Gasteiger partial charge >= 0.3 is 12.1 Å². The molecule has 222 valence electrons. The van der Waals surface area contributed by atoms with Gasteiger partial charge in [-0.05, 0) is 56.0 Å². The Morgan fingerprint density at radius 1 is 1.20 bits per heavy atom. The predicted octanol–water partition coefficient (Wildman–Crippen LogP) is 7.73. The molecule has 0 bridgehead atoms. The number of nitrogens with zero attached hydrogens (tertiary/aromatic N) is 2. The molecular formula is C26H25Cl2F3N2O7S. The summed E-state index contributed by atoms with van der Waals surface area (Å²) in [5.74, 6) is -1.93. The zero-order valence-electron chi connectivity index (χ0n) is 22.1. The van der Waals surface area contributed by atoms with Gasteiger partial charge in [0, 0.05) is 24.1 Å². The van der Waals surface area contributed by atoms with E-state index < -0.39 is 33.9 Å². The third-order valence-electron chi connectivity index (χ3n) is 5.47. The van der Waals surface area contributed by atoms with E-state index in [0.717, 1.165) is 46.5 Å². The number of alkyl halides is 4. The zero-order valence-corrected chi connectivity index (χ0v) is 24.5. The molecule has 1 unspecified atom stereocenters. The fraction of sp³-hybridized carbons (Fsp3) is 0.308. The number of carbonyl (C=O) groups is 2. The van der Waals surface area contributed by atoms with Crippen LogP contribution in [-0.2, 0) is 15.7 Å². The van der Waals surface area contributed by atoms with Crippen LogP contribution in [0.3, 0.4) is 0 Å². The summed E-state index contributed by atoms with van der Waals surface area (Å²) in [6.45, 7) is 6.48. The molecule has 1 N–H and O–H groups in total. The van der Waals surface area contributed by atoms with E-state index in [-0.39, 0.29) is 34.4 Å². The molecule has 0 spiro atoms. The van der Waals surface area contributed by atoms with Crippen molar-refractivity contribution in [3.63, 3.8) is 0 Å². The molecule has 0 aliphatic carbocycles. The lowest BCUT2D eigenvalue weighted by Crippen LogP contribution is -2.42. The van der Waals surface area contributed by atoms with Crippen LogP contribution in [0.4, 0.5) is 24.5 Å². The quantitative estimate of drug-likeness (QED) is 0.145. The molecule has 0 aliphatic rings. The number of hydrogen-bond donors (Lipinski definition) is 1. The first kappa shape index (κ1) is 33.8. The Labute approximate surface area is 247 Å². The van der Waals surface area contributed by atoms with E-state index in [1.54, 1.807) is 23.3 Å². The summed E-state index contributed by atoms with van der Waals surface area (Å²) in [5.41, 5.74) is -0.164. The third kappa shape index (κ3) is 8.80. The number of thiophene rings is 1. The van der Waals surface area contributed by atoms with Crippen LogP contribution >= 0.6 is 34.5 Å². The van der Waals surface area contributed by atoms with Gasteiger partial charge in [0.15, 0.2) is 0 Å². The maximum Gasteiger partial charge on any atom is 0.416 e. The van der Waals surface area contributed by atoms with Crippen LogP contribution in [0.2, 0.25) is 5.02 Å². The van der Waals surface area contributed by atoms with Crippen LogP contribution in [0, 0.1) is 24.0 Å². The molecule has 1 heterocycles. The average molecular weight is 637 g/mol. The van der Waals surface area contributed by atoms with Gasteiger partial charge in [0.05, 0.1) is 33.8 Å². The van der Waals surface area contributed by atoms with Gasteiger partial charge in [-0.2, -0.15) is 13.2 Å². The maximum absolute atomic E-state index is 12.6. The second kappa shape index (κ2) is 14.5. The Bertz CT molecular complexity index is 1400. The van der Waals surface area contributed by atoms with Gasteiger partial charge < -0.3 is 19.5 Å². The number of halogens is 5. The van der Waals surface area contributed by atoms with E-state index in [2.05, 4.69) is 5.38 Å². The van der Waals surface area contributed by atoms with Crippen molar-refractivity contribution in [2.45, 2.75) is 33.0 Å². The number of nitro groups is 1. The molecule has 0 aliphatic heterocycles. The summed E-state index contributed by atoms with van der Waals surface area (Å²) in [5, 5.41) is 21.4. The van der Waals surface area contributed by atoms with Crippen molar-refractivity contribution >= 4 is 57.8 Å². The number of nitro benzene ring substituents is 1. The molecule has 0 saturated carbocycles. The normalized spacial score (nSPS) is 11.7. The van der Waals surface area contributed by atoms with E-state index in [9.17, 15) is 32.9 Å². The number of carboxylic acid groups (broad SMARTS) is 1. The largest absolute Gasteiger partial charge is 0.477 e. The van der Waals surface area contributed by atoms with Crippen molar-refractivity contribution in [2.75, 3.05) is 24.5 Å². The van der Waals surface area contributed by atoms with Gasteiger partial charge in [-0.15, -0.1) is 22.9 Å². The Morgan fingerprint density at radius 2 is 1.85 bits per heavy atom. The molecule has 1 atom stereocenters. The zero-order chi connectivity index (χ0) is 31.1. The molecule has 1 aromatic heterocycles. The first-order valence-corrected chi connectivity index (χ1v) is 13.4. The number of anilines is 1. The number of ether oxygens (including phenoxy) is 2. The molecule has 3 rings (SSSR count). The highest BCUT2D eigenvalue weighted by molar-refractivity contribution is 7.10. The van der Waals surface area contributed by atoms with Gasteiger partial charge in [-0.25, -0.2) is 4.79 Å². The van der Waals surface area contributed by atoms with Gasteiger partial charge in [-0.1, -0.05) is 11.6 Å². The monoisotopic (exact) mass is 636 g/mol. The Kier molecular flexibility index (Phi) is 11.9. The SMILES string of the molecule is COCC(C)N(C(=O)CCl)c1c(C)csc1C.O=C(O)c1cc(Oc2ccc(C(F)(F)F)cc2Cl)ccc1[N+](=O)[O-]. The summed E-state index contributed by atoms with van der Waals surface area (Å²) in [4.78, 5) is 35.8. The summed E-state index contributed by atoms with van der Waals surface area (Å²) >= 11 is 13.0. The Balaban J connectivity index is 0.000000305. The van der Waals surface area contributed by atoms with E-state index >= 15 is 0 Å². The third-order valence-corrected chi connectivity index (χ3v) is 7.02. The van der Waals surface area contributed by atoms with E-state index in [1.807, 2.05) is 20.8 Å². The van der Waals surface area contributed by atoms with Crippen LogP contribution in [0.1, 0.15) is 33.3 Å². The van der Waals surface area contributed by atoms with E-state index in [1.165, 1.54) is 0 Å². The fourth-order valence-electron chi connectivity index (χ4n) is 3.69. The lowest BCUT2D eigenvalue weighted by Gasteiger charge is -2.29. The highest BCUT2D eigenvalue weighted by Gasteiger charge is 2.31. The first-order valence-electron chi connectivity index (χ1n) is 11.6. The fourth-order valence-corrected chi connectivity index (χ4v) is 4.88. The second-order valence-corrected chi connectivity index (χ2v) is 10.3. The van der Waals surface area contributed by atoms with Crippen LogP contribution in [0.25, 0.3) is 0 Å². The van der Waals surface area contributed by atoms with Crippen LogP contribution in [0.15, 0.2) is 41.8 Å². The minimum Gasteiger partial charge on any atom is -0.477 e. The van der Waals surface area contributed by atoms with Crippen molar-refractivity contribution in [1.29, 1.82) is 0 Å². The van der Waals surface area contributed by atoms with Gasteiger partial charge in [0.25, 0.3) is 5.69 Å². The molecule has 41 heavy (non-hydrogen) atoms. The van der Waals surface area contributed by atoms with Crippen LogP contribution < -0.4 is 9.64 Å². The minimum atomic E-state index is -4.58. The van der Waals surface area contributed by atoms with Crippen molar-refractivity contribution in [1.82, 2.24) is 0 Å². The van der Waals surface area contributed by atoms with Crippen molar-refractivity contribution in [3.8, 4) is 11.5 Å². The number of aryl methyl sites for hydroxylation is 2. The number of aromatic carboxylic acids is 1. The number of rotatable bonds is 9. The first-order chi connectivity index (χ1) is 19.1. The number of amides is 1. The summed E-state index contributed by atoms with van der Waals surface area (Å²) in [6, 6.07) is 5.25. The summed E-state index contributed by atoms with van der Waals surface area (Å²) < 4.78 is 48.0. The van der Waals surface area contributed by atoms with Crippen molar-refractivity contribution in [3.05, 3.63) is 78.5 Å². The lowest BCUT2D eigenvalue weighted by molar-refractivity contribution is -0.385. The topological polar surface area (TPSA) is 119 Å². The van der Waals surface area contributed by atoms with Gasteiger partial charge in [0.2, 0.25) is 5.91 Å². The Hall–Kier alpha value is -3.39. The van der Waals surface area contributed by atoms with Gasteiger partial charge in [0.1, 0.15) is 22.9 Å². The predicted molar refractivity (Wildman–Crippen MR) is 150 cm³/mol. The van der Waals surface area contributed by atoms with Crippen LogP contribution in [-0.4, -0.2) is 47.5 Å². The van der Waals surface area contributed by atoms with E-state index in [4.69, 9.17) is 37.8 Å². The number of hydrogen-bond acceptors (Lipinski definition) is 7.